The number of nitrogens with zero attached hydrogens (tertiary/aromatic N) is 1. The maximum absolute atomic E-state index is 12.4. The van der Waals surface area contributed by atoms with Crippen molar-refractivity contribution in [3.63, 3.8) is 0 Å². The Morgan fingerprint density at radius 1 is 1.33 bits per heavy atom. The minimum absolute atomic E-state index is 0.0940. The SMILES string of the molecule is COC(C)(C)C(O)c1ccc(C(F)(F)F)nc1Cl. The van der Waals surface area contributed by atoms with Gasteiger partial charge in [0.25, 0.3) is 0 Å². The highest BCUT2D eigenvalue weighted by molar-refractivity contribution is 6.30. The van der Waals surface area contributed by atoms with Crippen LogP contribution in [0.25, 0.3) is 0 Å². The quantitative estimate of drug-likeness (QED) is 0.866. The van der Waals surface area contributed by atoms with E-state index in [-0.39, 0.29) is 10.7 Å². The maximum Gasteiger partial charge on any atom is 0.433 e. The summed E-state index contributed by atoms with van der Waals surface area (Å²) in [5.74, 6) is 0. The zero-order valence-electron chi connectivity index (χ0n) is 10.0. The molecule has 0 aliphatic heterocycles. The van der Waals surface area contributed by atoms with E-state index in [9.17, 15) is 18.3 Å². The molecule has 102 valence electrons. The van der Waals surface area contributed by atoms with Gasteiger partial charge in [0, 0.05) is 12.7 Å². The van der Waals surface area contributed by atoms with Crippen LogP contribution < -0.4 is 0 Å². The van der Waals surface area contributed by atoms with Crippen LogP contribution in [0.5, 0.6) is 0 Å². The fraction of sp³-hybridized carbons (Fsp3) is 0.545. The average Bonchev–Trinajstić information content (AvgIpc) is 2.26. The number of alkyl halides is 3. The lowest BCUT2D eigenvalue weighted by atomic mass is 9.95. The summed E-state index contributed by atoms with van der Waals surface area (Å²) in [6.07, 6.45) is -5.74. The molecule has 0 amide bonds. The largest absolute Gasteiger partial charge is 0.433 e. The van der Waals surface area contributed by atoms with Gasteiger partial charge in [0.15, 0.2) is 0 Å². The number of ether oxygens (including phenoxy) is 1. The molecule has 0 saturated heterocycles. The third-order valence-electron chi connectivity index (χ3n) is 2.65. The molecular formula is C11H13ClF3NO2. The highest BCUT2D eigenvalue weighted by atomic mass is 35.5. The van der Waals surface area contributed by atoms with Crippen molar-refractivity contribution < 1.29 is 23.0 Å². The maximum atomic E-state index is 12.4. The molecule has 1 heterocycles. The van der Waals surface area contributed by atoms with E-state index >= 15 is 0 Å². The Kier molecular flexibility index (Phi) is 4.25. The third kappa shape index (κ3) is 3.13. The summed E-state index contributed by atoms with van der Waals surface area (Å²) in [7, 11) is 1.38. The smallest absolute Gasteiger partial charge is 0.385 e. The first-order valence-corrected chi connectivity index (χ1v) is 5.44. The first kappa shape index (κ1) is 15.2. The van der Waals surface area contributed by atoms with Gasteiger partial charge in [-0.05, 0) is 19.9 Å². The van der Waals surface area contributed by atoms with E-state index in [1.54, 1.807) is 13.8 Å². The molecule has 0 spiro atoms. The molecule has 18 heavy (non-hydrogen) atoms. The fourth-order valence-corrected chi connectivity index (χ4v) is 1.55. The molecule has 1 rings (SSSR count). The molecule has 0 fully saturated rings. The van der Waals surface area contributed by atoms with Crippen molar-refractivity contribution in [3.05, 3.63) is 28.5 Å². The van der Waals surface area contributed by atoms with E-state index in [4.69, 9.17) is 16.3 Å². The lowest BCUT2D eigenvalue weighted by Gasteiger charge is -2.29. The van der Waals surface area contributed by atoms with Crippen molar-refractivity contribution in [3.8, 4) is 0 Å². The zero-order chi connectivity index (χ0) is 14.1. The lowest BCUT2D eigenvalue weighted by Crippen LogP contribution is -2.31. The molecule has 1 unspecified atom stereocenters. The van der Waals surface area contributed by atoms with Gasteiger partial charge in [0.05, 0.1) is 5.60 Å². The average molecular weight is 284 g/mol. The Labute approximate surface area is 108 Å². The monoisotopic (exact) mass is 283 g/mol. The van der Waals surface area contributed by atoms with Crippen LogP contribution in [0.4, 0.5) is 13.2 Å². The fourth-order valence-electron chi connectivity index (χ4n) is 1.29. The predicted molar refractivity (Wildman–Crippen MR) is 60.3 cm³/mol. The van der Waals surface area contributed by atoms with Crippen molar-refractivity contribution in [1.29, 1.82) is 0 Å². The number of aliphatic hydroxyl groups is 1. The predicted octanol–water partition coefficient (Wildman–Crippen LogP) is 3.21. The normalized spacial score (nSPS) is 14.7. The summed E-state index contributed by atoms with van der Waals surface area (Å²) >= 11 is 5.67. The molecule has 0 bridgehead atoms. The van der Waals surface area contributed by atoms with Crippen molar-refractivity contribution in [1.82, 2.24) is 4.98 Å². The van der Waals surface area contributed by atoms with Crippen molar-refractivity contribution in [2.24, 2.45) is 0 Å². The highest BCUT2D eigenvalue weighted by Crippen LogP contribution is 2.35. The number of aromatic nitrogens is 1. The van der Waals surface area contributed by atoms with Crippen LogP contribution in [0.2, 0.25) is 5.15 Å². The van der Waals surface area contributed by atoms with Gasteiger partial charge in [-0.3, -0.25) is 0 Å². The van der Waals surface area contributed by atoms with Gasteiger partial charge in [-0.15, -0.1) is 0 Å². The van der Waals surface area contributed by atoms with Gasteiger partial charge in [-0.25, -0.2) is 4.98 Å². The zero-order valence-corrected chi connectivity index (χ0v) is 10.8. The van der Waals surface area contributed by atoms with Gasteiger partial charge in [-0.1, -0.05) is 17.7 Å². The Balaban J connectivity index is 3.14. The molecule has 0 aliphatic carbocycles. The summed E-state index contributed by atoms with van der Waals surface area (Å²) < 4.78 is 42.2. The number of hydrogen-bond donors (Lipinski definition) is 1. The second-order valence-electron chi connectivity index (χ2n) is 4.28. The second-order valence-corrected chi connectivity index (χ2v) is 4.64. The standard InChI is InChI=1S/C11H13ClF3NO2/c1-10(2,18-3)8(17)6-4-5-7(11(13,14)15)16-9(6)12/h4-5,8,17H,1-3H3. The molecule has 0 saturated carbocycles. The molecule has 1 N–H and O–H groups in total. The van der Waals surface area contributed by atoms with E-state index < -0.39 is 23.6 Å². The first-order chi connectivity index (χ1) is 8.09. The van der Waals surface area contributed by atoms with E-state index in [0.29, 0.717) is 0 Å². The van der Waals surface area contributed by atoms with E-state index in [1.165, 1.54) is 7.11 Å². The third-order valence-corrected chi connectivity index (χ3v) is 2.95. The van der Waals surface area contributed by atoms with Crippen LogP contribution in [-0.4, -0.2) is 22.8 Å². The number of methoxy groups -OCH3 is 1. The summed E-state index contributed by atoms with van der Waals surface area (Å²) in [5.41, 5.74) is -1.99. The van der Waals surface area contributed by atoms with E-state index in [1.807, 2.05) is 0 Å². The van der Waals surface area contributed by atoms with Crippen LogP contribution in [-0.2, 0) is 10.9 Å². The molecule has 0 aromatic carbocycles. The second kappa shape index (κ2) is 5.03. The summed E-state index contributed by atoms with van der Waals surface area (Å²) in [5, 5.41) is 9.61. The Morgan fingerprint density at radius 2 is 1.89 bits per heavy atom. The number of halogens is 4. The molecule has 1 aromatic rings. The lowest BCUT2D eigenvalue weighted by molar-refractivity contribution is -0.141. The van der Waals surface area contributed by atoms with Crippen LogP contribution >= 0.6 is 11.6 Å². The van der Waals surface area contributed by atoms with Gasteiger partial charge >= 0.3 is 6.18 Å². The topological polar surface area (TPSA) is 42.4 Å². The van der Waals surface area contributed by atoms with Crippen molar-refractivity contribution >= 4 is 11.6 Å². The highest BCUT2D eigenvalue weighted by Gasteiger charge is 2.35. The van der Waals surface area contributed by atoms with Gasteiger partial charge in [0.2, 0.25) is 0 Å². The first-order valence-electron chi connectivity index (χ1n) is 5.06. The van der Waals surface area contributed by atoms with Crippen molar-refractivity contribution in [2.45, 2.75) is 31.7 Å². The molecule has 3 nitrogen and oxygen atoms in total. The Morgan fingerprint density at radius 3 is 2.28 bits per heavy atom. The van der Waals surface area contributed by atoms with E-state index in [2.05, 4.69) is 4.98 Å². The number of rotatable bonds is 3. The molecule has 0 radical (unpaired) electrons. The molecule has 1 aromatic heterocycles. The minimum Gasteiger partial charge on any atom is -0.385 e. The van der Waals surface area contributed by atoms with Crippen LogP contribution in [0.1, 0.15) is 31.2 Å². The summed E-state index contributed by atoms with van der Waals surface area (Å²) in [4.78, 5) is 3.24. The summed E-state index contributed by atoms with van der Waals surface area (Å²) in [6.45, 7) is 3.18. The van der Waals surface area contributed by atoms with Crippen LogP contribution in [0.15, 0.2) is 12.1 Å². The summed E-state index contributed by atoms with van der Waals surface area (Å²) in [6, 6.07) is 1.87. The number of hydrogen-bond acceptors (Lipinski definition) is 3. The number of aliphatic hydroxyl groups excluding tert-OH is 1. The molecule has 0 aliphatic rings. The van der Waals surface area contributed by atoms with Crippen LogP contribution in [0, 0.1) is 0 Å². The Bertz CT molecular complexity index is 435. The molecule has 1 atom stereocenters. The molecule has 7 heteroatoms. The van der Waals surface area contributed by atoms with Crippen molar-refractivity contribution in [2.75, 3.05) is 7.11 Å². The van der Waals surface area contributed by atoms with Crippen LogP contribution in [0.3, 0.4) is 0 Å². The van der Waals surface area contributed by atoms with Gasteiger partial charge in [-0.2, -0.15) is 13.2 Å². The Hall–Kier alpha value is -0.850. The molecular weight excluding hydrogens is 271 g/mol. The number of pyridine rings is 1. The van der Waals surface area contributed by atoms with Gasteiger partial charge in [0.1, 0.15) is 17.0 Å². The van der Waals surface area contributed by atoms with E-state index in [0.717, 1.165) is 12.1 Å². The van der Waals surface area contributed by atoms with Gasteiger partial charge < -0.3 is 9.84 Å². The minimum atomic E-state index is -4.57.